The van der Waals surface area contributed by atoms with Crippen molar-refractivity contribution in [2.75, 3.05) is 5.32 Å². The lowest BCUT2D eigenvalue weighted by Gasteiger charge is -2.26. The molecule has 2 unspecified atom stereocenters. The average Bonchev–Trinajstić information content (AvgIpc) is 3.30. The average molecular weight is 389 g/mol. The molecule has 0 saturated heterocycles. The minimum absolute atomic E-state index is 0.0215. The van der Waals surface area contributed by atoms with Gasteiger partial charge in [-0.05, 0) is 43.2 Å². The lowest BCUT2D eigenvalue weighted by Crippen LogP contribution is -2.29. The number of carbonyl (C=O) groups is 1. The van der Waals surface area contributed by atoms with Crippen molar-refractivity contribution in [1.82, 2.24) is 9.97 Å². The number of rotatable bonds is 3. The summed E-state index contributed by atoms with van der Waals surface area (Å²) in [5.74, 6) is 0.598. The van der Waals surface area contributed by atoms with E-state index in [4.69, 9.17) is 9.40 Å². The van der Waals surface area contributed by atoms with Gasteiger partial charge in [0, 0.05) is 18.5 Å². The number of anilines is 1. The van der Waals surface area contributed by atoms with Crippen molar-refractivity contribution in [1.29, 1.82) is 0 Å². The van der Waals surface area contributed by atoms with Crippen LogP contribution in [0.15, 0.2) is 59.0 Å². The zero-order valence-corrected chi connectivity index (χ0v) is 16.2. The second-order valence-corrected chi connectivity index (χ2v) is 8.14. The molecule has 2 atom stereocenters. The van der Waals surface area contributed by atoms with Crippen molar-refractivity contribution in [3.05, 3.63) is 65.5 Å². The summed E-state index contributed by atoms with van der Waals surface area (Å²) < 4.78 is 6.67. The summed E-state index contributed by atoms with van der Waals surface area (Å²) >= 11 is 1.69. The monoisotopic (exact) mass is 389 g/mol. The van der Waals surface area contributed by atoms with E-state index in [1.54, 1.807) is 11.3 Å². The summed E-state index contributed by atoms with van der Waals surface area (Å²) in [5.41, 5.74) is 3.22. The maximum Gasteiger partial charge on any atom is 0.228 e. The maximum absolute atomic E-state index is 13.1. The second-order valence-electron chi connectivity index (χ2n) is 7.08. The molecule has 2 aromatic carbocycles. The van der Waals surface area contributed by atoms with Crippen LogP contribution in [-0.4, -0.2) is 15.9 Å². The van der Waals surface area contributed by atoms with Crippen molar-refractivity contribution in [3.63, 3.8) is 0 Å². The number of benzene rings is 2. The molecule has 0 fully saturated rings. The van der Waals surface area contributed by atoms with Crippen LogP contribution in [0.4, 0.5) is 5.69 Å². The number of aryl methyl sites for hydroxylation is 1. The second kappa shape index (κ2) is 6.87. The normalized spacial score (nSPS) is 19.3. The Morgan fingerprint density at radius 1 is 1.11 bits per heavy atom. The van der Waals surface area contributed by atoms with Crippen LogP contribution >= 0.6 is 11.3 Å². The molecule has 0 radical (unpaired) electrons. The zero-order valence-electron chi connectivity index (χ0n) is 15.4. The van der Waals surface area contributed by atoms with Gasteiger partial charge >= 0.3 is 0 Å². The Morgan fingerprint density at radius 2 is 1.96 bits per heavy atom. The molecule has 0 bridgehead atoms. The molecule has 28 heavy (non-hydrogen) atoms. The largest absolute Gasteiger partial charge is 0.441 e. The van der Waals surface area contributed by atoms with E-state index >= 15 is 0 Å². The van der Waals surface area contributed by atoms with Crippen LogP contribution in [0.2, 0.25) is 0 Å². The summed E-state index contributed by atoms with van der Waals surface area (Å²) in [6, 6.07) is 13.7. The Hall–Kier alpha value is -2.99. The number of aromatic nitrogens is 2. The number of carbonyl (C=O) groups excluding carboxylic acids is 1. The number of fused-ring (bicyclic) bond motifs is 2. The van der Waals surface area contributed by atoms with Gasteiger partial charge in [0.2, 0.25) is 5.91 Å². The molecule has 140 valence electrons. The van der Waals surface area contributed by atoms with Gasteiger partial charge in [-0.15, -0.1) is 11.3 Å². The third-order valence-corrected chi connectivity index (χ3v) is 6.33. The lowest BCUT2D eigenvalue weighted by atomic mass is 9.82. The van der Waals surface area contributed by atoms with Crippen LogP contribution in [0.5, 0.6) is 0 Å². The van der Waals surface area contributed by atoms with Crippen LogP contribution in [-0.2, 0) is 4.79 Å². The van der Waals surface area contributed by atoms with Crippen LogP contribution in [0.1, 0.15) is 29.7 Å². The molecule has 6 heteroatoms. The van der Waals surface area contributed by atoms with E-state index in [0.717, 1.165) is 44.9 Å². The molecule has 5 rings (SSSR count). The topological polar surface area (TPSA) is 68.0 Å². The Balaban J connectivity index is 1.41. The number of hydrogen-bond acceptors (Lipinski definition) is 5. The first-order chi connectivity index (χ1) is 13.7. The van der Waals surface area contributed by atoms with Crippen molar-refractivity contribution >= 4 is 44.2 Å². The van der Waals surface area contributed by atoms with E-state index in [1.807, 2.05) is 43.3 Å². The number of hydrogen-bond donors (Lipinski definition) is 1. The molecule has 1 aliphatic carbocycles. The van der Waals surface area contributed by atoms with Crippen LogP contribution < -0.4 is 5.32 Å². The third kappa shape index (κ3) is 3.10. The standard InChI is InChI=1S/C22H19N3O2S/c1-13-23-18-12-14(10-11-19(18)27-13)24-21(26)15-6-2-3-7-16(15)22-25-17-8-4-5-9-20(17)28-22/h2-5,8-12,15-16H,6-7H2,1H3,(H,24,26). The first kappa shape index (κ1) is 17.1. The molecule has 5 nitrogen and oxygen atoms in total. The fourth-order valence-electron chi connectivity index (χ4n) is 3.78. The minimum atomic E-state index is -0.139. The molecule has 0 aliphatic heterocycles. The van der Waals surface area contributed by atoms with E-state index < -0.39 is 0 Å². The fourth-order valence-corrected chi connectivity index (χ4v) is 4.93. The molecule has 1 aliphatic rings. The molecule has 1 amide bonds. The molecule has 2 heterocycles. The zero-order chi connectivity index (χ0) is 19.1. The van der Waals surface area contributed by atoms with Gasteiger partial charge in [0.15, 0.2) is 11.5 Å². The van der Waals surface area contributed by atoms with Gasteiger partial charge in [-0.3, -0.25) is 4.79 Å². The molecule has 0 saturated carbocycles. The van der Waals surface area contributed by atoms with Gasteiger partial charge in [-0.1, -0.05) is 24.3 Å². The van der Waals surface area contributed by atoms with Crippen LogP contribution in [0, 0.1) is 12.8 Å². The van der Waals surface area contributed by atoms with Crippen molar-refractivity contribution in [2.24, 2.45) is 5.92 Å². The van der Waals surface area contributed by atoms with Gasteiger partial charge in [-0.25, -0.2) is 9.97 Å². The Morgan fingerprint density at radius 3 is 2.86 bits per heavy atom. The number of nitrogens with one attached hydrogen (secondary N) is 1. The summed E-state index contributed by atoms with van der Waals surface area (Å²) in [7, 11) is 0. The summed E-state index contributed by atoms with van der Waals surface area (Å²) in [6.45, 7) is 1.81. The van der Waals surface area contributed by atoms with Crippen molar-refractivity contribution in [2.45, 2.75) is 25.7 Å². The highest BCUT2D eigenvalue weighted by Gasteiger charge is 2.32. The van der Waals surface area contributed by atoms with E-state index in [2.05, 4.69) is 28.5 Å². The first-order valence-corrected chi connectivity index (χ1v) is 10.2. The number of thiazole rings is 1. The Labute approximate surface area is 166 Å². The maximum atomic E-state index is 13.1. The van der Waals surface area contributed by atoms with E-state index in [9.17, 15) is 4.79 Å². The van der Waals surface area contributed by atoms with Crippen molar-refractivity contribution < 1.29 is 9.21 Å². The van der Waals surface area contributed by atoms with E-state index in [-0.39, 0.29) is 17.7 Å². The van der Waals surface area contributed by atoms with Crippen LogP contribution in [0.25, 0.3) is 21.3 Å². The predicted octanol–water partition coefficient (Wildman–Crippen LogP) is 5.43. The molecular formula is C22H19N3O2S. The smallest absolute Gasteiger partial charge is 0.228 e. The molecule has 0 spiro atoms. The van der Waals surface area contributed by atoms with E-state index in [0.29, 0.717) is 5.89 Å². The molecular weight excluding hydrogens is 370 g/mol. The first-order valence-electron chi connectivity index (χ1n) is 9.36. The summed E-state index contributed by atoms with van der Waals surface area (Å²) in [4.78, 5) is 22.2. The van der Waals surface area contributed by atoms with Gasteiger partial charge in [-0.2, -0.15) is 0 Å². The molecule has 1 N–H and O–H groups in total. The highest BCUT2D eigenvalue weighted by Crippen LogP contribution is 2.39. The van der Waals surface area contributed by atoms with E-state index in [1.165, 1.54) is 0 Å². The molecule has 4 aromatic rings. The number of nitrogens with zero attached hydrogens (tertiary/aromatic N) is 2. The Bertz CT molecular complexity index is 1170. The van der Waals surface area contributed by atoms with Crippen molar-refractivity contribution in [3.8, 4) is 0 Å². The number of allylic oxidation sites excluding steroid dienone is 2. The Kier molecular flexibility index (Phi) is 4.20. The van der Waals surface area contributed by atoms with Crippen LogP contribution in [0.3, 0.4) is 0 Å². The summed E-state index contributed by atoms with van der Waals surface area (Å²) in [5, 5.41) is 4.10. The highest BCUT2D eigenvalue weighted by atomic mass is 32.1. The SMILES string of the molecule is Cc1nc2cc(NC(=O)C3CC=CCC3c3nc4ccccc4s3)ccc2o1. The molecule has 2 aromatic heterocycles. The minimum Gasteiger partial charge on any atom is -0.441 e. The predicted molar refractivity (Wildman–Crippen MR) is 112 cm³/mol. The third-order valence-electron chi connectivity index (χ3n) is 5.16. The quantitative estimate of drug-likeness (QED) is 0.474. The van der Waals surface area contributed by atoms with Gasteiger partial charge in [0.25, 0.3) is 0 Å². The van der Waals surface area contributed by atoms with Gasteiger partial charge < -0.3 is 9.73 Å². The van der Waals surface area contributed by atoms with Gasteiger partial charge in [0.1, 0.15) is 5.52 Å². The highest BCUT2D eigenvalue weighted by molar-refractivity contribution is 7.18. The van der Waals surface area contributed by atoms with Gasteiger partial charge in [0.05, 0.1) is 21.1 Å². The fraction of sp³-hybridized carbons (Fsp3) is 0.227. The summed E-state index contributed by atoms with van der Waals surface area (Å²) in [6.07, 6.45) is 5.81. The number of para-hydroxylation sites is 1. The number of oxazole rings is 1. The number of amides is 1. The lowest BCUT2D eigenvalue weighted by molar-refractivity contribution is -0.120.